The predicted molar refractivity (Wildman–Crippen MR) is 117 cm³/mol. The minimum atomic E-state index is -0.631. The molecule has 31 heavy (non-hydrogen) atoms. The number of aliphatic hydroxyl groups is 1. The molecule has 2 N–H and O–H groups in total. The number of nitrogens with zero attached hydrogens (tertiary/aromatic N) is 4. The van der Waals surface area contributed by atoms with E-state index in [1.165, 1.54) is 0 Å². The van der Waals surface area contributed by atoms with Gasteiger partial charge in [0.15, 0.2) is 11.6 Å². The molecule has 2 aromatic carbocycles. The monoisotopic (exact) mass is 419 g/mol. The maximum absolute atomic E-state index is 12.7. The second kappa shape index (κ2) is 7.63. The van der Waals surface area contributed by atoms with Crippen molar-refractivity contribution < 1.29 is 14.7 Å². The number of anilines is 1. The highest BCUT2D eigenvalue weighted by molar-refractivity contribution is 6.07. The Morgan fingerprint density at radius 3 is 2.52 bits per heavy atom. The number of amides is 2. The summed E-state index contributed by atoms with van der Waals surface area (Å²) in [5.41, 5.74) is 3.30. The van der Waals surface area contributed by atoms with E-state index < -0.39 is 5.41 Å². The number of benzene rings is 2. The van der Waals surface area contributed by atoms with Gasteiger partial charge in [-0.2, -0.15) is 5.10 Å². The maximum Gasteiger partial charge on any atom is 0.251 e. The molecule has 0 bridgehead atoms. The van der Waals surface area contributed by atoms with Gasteiger partial charge in [0.2, 0.25) is 5.91 Å². The van der Waals surface area contributed by atoms with E-state index in [1.807, 2.05) is 32.0 Å². The number of hydrogen-bond acceptors (Lipinski definition) is 5. The van der Waals surface area contributed by atoms with E-state index in [9.17, 15) is 14.7 Å². The molecule has 0 unspecified atom stereocenters. The lowest BCUT2D eigenvalue weighted by Gasteiger charge is -2.16. The molecule has 3 aromatic rings. The van der Waals surface area contributed by atoms with Crippen molar-refractivity contribution in [3.05, 3.63) is 59.4 Å². The first kappa shape index (κ1) is 20.7. The largest absolute Gasteiger partial charge is 0.396 e. The van der Waals surface area contributed by atoms with Gasteiger partial charge in [0.05, 0.1) is 17.7 Å². The lowest BCUT2D eigenvalue weighted by Crippen LogP contribution is -2.33. The summed E-state index contributed by atoms with van der Waals surface area (Å²) in [7, 11) is 3.37. The third-order valence-corrected chi connectivity index (χ3v) is 5.72. The number of fused-ring (bicyclic) bond motifs is 1. The summed E-state index contributed by atoms with van der Waals surface area (Å²) in [6.07, 6.45) is 0.327. The first-order valence-corrected chi connectivity index (χ1v) is 10.1. The zero-order chi connectivity index (χ0) is 22.3. The fraction of sp³-hybridized carbons (Fsp3) is 0.304. The quantitative estimate of drug-likeness (QED) is 0.660. The summed E-state index contributed by atoms with van der Waals surface area (Å²) < 4.78 is 1.70. The predicted octanol–water partition coefficient (Wildman–Crippen LogP) is 2.08. The molecule has 0 radical (unpaired) electrons. The van der Waals surface area contributed by atoms with E-state index >= 15 is 0 Å². The molecule has 1 aromatic heterocycles. The molecule has 0 aliphatic carbocycles. The van der Waals surface area contributed by atoms with Crippen LogP contribution in [-0.2, 0) is 16.6 Å². The Balaban J connectivity index is 1.82. The first-order chi connectivity index (χ1) is 14.8. The molecule has 0 spiro atoms. The average molecular weight is 419 g/mol. The van der Waals surface area contributed by atoms with Crippen molar-refractivity contribution in [3.8, 4) is 17.1 Å². The second-order valence-corrected chi connectivity index (χ2v) is 8.08. The number of aliphatic hydroxyl groups excluding tert-OH is 1. The lowest BCUT2D eigenvalue weighted by molar-refractivity contribution is -0.121. The van der Waals surface area contributed by atoms with Crippen molar-refractivity contribution in [2.45, 2.75) is 25.7 Å². The summed E-state index contributed by atoms with van der Waals surface area (Å²) in [6, 6.07) is 12.9. The van der Waals surface area contributed by atoms with Crippen LogP contribution in [0.2, 0.25) is 0 Å². The Labute approximate surface area is 180 Å². The highest BCUT2D eigenvalue weighted by Crippen LogP contribution is 2.42. The highest BCUT2D eigenvalue weighted by Gasteiger charge is 2.42. The van der Waals surface area contributed by atoms with Crippen LogP contribution < -0.4 is 10.2 Å². The van der Waals surface area contributed by atoms with Gasteiger partial charge in [0.1, 0.15) is 0 Å². The zero-order valence-corrected chi connectivity index (χ0v) is 18.0. The molecule has 0 fully saturated rings. The van der Waals surface area contributed by atoms with E-state index in [0.717, 1.165) is 22.5 Å². The highest BCUT2D eigenvalue weighted by atomic mass is 16.3. The van der Waals surface area contributed by atoms with Gasteiger partial charge < -0.3 is 15.3 Å². The normalized spacial score (nSPS) is 14.6. The second-order valence-electron chi connectivity index (χ2n) is 8.08. The fourth-order valence-electron chi connectivity index (χ4n) is 3.94. The number of likely N-dealkylation sites (N-methyl/N-ethyl adjacent to an activating group) is 1. The van der Waals surface area contributed by atoms with Crippen molar-refractivity contribution >= 4 is 17.5 Å². The van der Waals surface area contributed by atoms with Gasteiger partial charge in [-0.25, -0.2) is 9.67 Å². The summed E-state index contributed by atoms with van der Waals surface area (Å²) >= 11 is 0. The molecule has 8 heteroatoms. The van der Waals surface area contributed by atoms with Crippen molar-refractivity contribution in [1.82, 2.24) is 20.1 Å². The Morgan fingerprint density at radius 2 is 1.87 bits per heavy atom. The van der Waals surface area contributed by atoms with Crippen LogP contribution in [0.5, 0.6) is 0 Å². The van der Waals surface area contributed by atoms with Crippen LogP contribution in [0.25, 0.3) is 17.1 Å². The van der Waals surface area contributed by atoms with Crippen LogP contribution in [0, 0.1) is 0 Å². The van der Waals surface area contributed by atoms with E-state index in [4.69, 9.17) is 0 Å². The lowest BCUT2D eigenvalue weighted by atomic mass is 9.85. The summed E-state index contributed by atoms with van der Waals surface area (Å²) in [5.74, 6) is 1.01. The third kappa shape index (κ3) is 3.38. The fourth-order valence-corrected chi connectivity index (χ4v) is 3.94. The van der Waals surface area contributed by atoms with Crippen molar-refractivity contribution in [2.24, 2.45) is 0 Å². The summed E-state index contributed by atoms with van der Waals surface area (Å²) in [4.78, 5) is 30.8. The van der Waals surface area contributed by atoms with Gasteiger partial charge >= 0.3 is 0 Å². The number of carbonyl (C=O) groups excluding carboxylic acids is 2. The molecule has 8 nitrogen and oxygen atoms in total. The number of rotatable bonds is 5. The van der Waals surface area contributed by atoms with Crippen molar-refractivity contribution in [1.29, 1.82) is 0 Å². The Morgan fingerprint density at radius 1 is 1.16 bits per heavy atom. The van der Waals surface area contributed by atoms with Gasteiger partial charge in [-0.1, -0.05) is 0 Å². The number of carbonyl (C=O) groups is 2. The van der Waals surface area contributed by atoms with Gasteiger partial charge in [-0.05, 0) is 61.9 Å². The summed E-state index contributed by atoms with van der Waals surface area (Å²) in [6.45, 7) is 3.78. The number of nitrogens with one attached hydrogen (secondary N) is 1. The molecule has 1 aliphatic rings. The topological polar surface area (TPSA) is 100 Å². The van der Waals surface area contributed by atoms with Gasteiger partial charge in [0, 0.05) is 37.3 Å². The van der Waals surface area contributed by atoms with Crippen LogP contribution >= 0.6 is 0 Å². The standard InChI is InChI=1S/C23H25N5O3/c1-23(2)17-13-15(7-10-18(17)27(4)22(23)31)20-25-19(11-12-29)26-28(20)16-8-5-14(6-9-16)21(30)24-3/h5-10,13,29H,11-12H2,1-4H3,(H,24,30). The smallest absolute Gasteiger partial charge is 0.251 e. The molecule has 0 saturated carbocycles. The molecule has 1 aliphatic heterocycles. The van der Waals surface area contributed by atoms with Crippen LogP contribution in [0.3, 0.4) is 0 Å². The summed E-state index contributed by atoms with van der Waals surface area (Å²) in [5, 5.41) is 16.5. The van der Waals surface area contributed by atoms with Crippen LogP contribution in [-0.4, -0.2) is 52.4 Å². The SMILES string of the molecule is CNC(=O)c1ccc(-n2nc(CCO)nc2-c2ccc3c(c2)C(C)(C)C(=O)N3C)cc1. The van der Waals surface area contributed by atoms with Crippen molar-refractivity contribution in [2.75, 3.05) is 25.6 Å². The molecule has 160 valence electrons. The van der Waals surface area contributed by atoms with E-state index in [2.05, 4.69) is 15.4 Å². The molecule has 2 amide bonds. The number of aromatic nitrogens is 3. The number of hydrogen-bond donors (Lipinski definition) is 2. The van der Waals surface area contributed by atoms with Crippen LogP contribution in [0.1, 0.15) is 35.6 Å². The Bertz CT molecular complexity index is 1160. The van der Waals surface area contributed by atoms with Crippen molar-refractivity contribution in [3.63, 3.8) is 0 Å². The molecular formula is C23H25N5O3. The van der Waals surface area contributed by atoms with Crippen LogP contribution in [0.4, 0.5) is 5.69 Å². The zero-order valence-electron chi connectivity index (χ0n) is 18.0. The van der Waals surface area contributed by atoms with E-state index in [1.54, 1.807) is 47.9 Å². The van der Waals surface area contributed by atoms with Crippen LogP contribution in [0.15, 0.2) is 42.5 Å². The Hall–Kier alpha value is -3.52. The first-order valence-electron chi connectivity index (χ1n) is 10.1. The molecule has 4 rings (SSSR count). The van der Waals surface area contributed by atoms with E-state index in [-0.39, 0.29) is 18.4 Å². The minimum absolute atomic E-state index is 0.0480. The molecule has 2 heterocycles. The van der Waals surface area contributed by atoms with Gasteiger partial charge in [-0.3, -0.25) is 9.59 Å². The average Bonchev–Trinajstić information content (AvgIpc) is 3.27. The van der Waals surface area contributed by atoms with Gasteiger partial charge in [0.25, 0.3) is 5.91 Å². The third-order valence-electron chi connectivity index (χ3n) is 5.72. The molecule has 0 saturated heterocycles. The van der Waals surface area contributed by atoms with E-state index in [0.29, 0.717) is 23.6 Å². The molecule has 0 atom stereocenters. The maximum atomic E-state index is 12.7. The van der Waals surface area contributed by atoms with Gasteiger partial charge in [-0.15, -0.1) is 0 Å². The Kier molecular flexibility index (Phi) is 5.10. The molecular weight excluding hydrogens is 394 g/mol. The minimum Gasteiger partial charge on any atom is -0.396 e.